The van der Waals surface area contributed by atoms with E-state index in [9.17, 15) is 14.4 Å². The molecule has 2 aliphatic rings. The molecule has 1 aromatic carbocycles. The number of carbonyl (C=O) groups excluding carboxylic acids is 3. The highest BCUT2D eigenvalue weighted by molar-refractivity contribution is 6.06. The van der Waals surface area contributed by atoms with Crippen LogP contribution >= 0.6 is 0 Å². The Labute approximate surface area is 122 Å². The molecule has 1 aliphatic carbocycles. The number of amides is 3. The Morgan fingerprint density at radius 2 is 1.90 bits per heavy atom. The molecule has 6 nitrogen and oxygen atoms in total. The molecular weight excluding hydrogens is 270 g/mol. The van der Waals surface area contributed by atoms with E-state index in [0.29, 0.717) is 5.69 Å². The molecule has 2 fully saturated rings. The first-order chi connectivity index (χ1) is 9.94. The Kier molecular flexibility index (Phi) is 2.97. The van der Waals surface area contributed by atoms with Crippen LogP contribution in [-0.2, 0) is 19.8 Å². The van der Waals surface area contributed by atoms with Crippen LogP contribution in [0.25, 0.3) is 0 Å². The minimum absolute atomic E-state index is 0.0670. The molecule has 1 aromatic rings. The standard InChI is InChI=1S/C15H17N3O3/c1-9-13(20)17-12(19)8-18(9)14(21)15(6-7-15)10-2-4-11(16)5-3-10/h2-5,9H,6-8,16H2,1H3,(H,17,19,20). The molecule has 0 bridgehead atoms. The van der Waals surface area contributed by atoms with Crippen molar-refractivity contribution in [3.8, 4) is 0 Å². The zero-order chi connectivity index (χ0) is 15.2. The molecule has 0 spiro atoms. The fraction of sp³-hybridized carbons (Fsp3) is 0.400. The van der Waals surface area contributed by atoms with E-state index in [1.165, 1.54) is 4.90 Å². The third kappa shape index (κ3) is 2.16. The monoisotopic (exact) mass is 287 g/mol. The maximum Gasteiger partial charge on any atom is 0.249 e. The molecular formula is C15H17N3O3. The van der Waals surface area contributed by atoms with Gasteiger partial charge >= 0.3 is 0 Å². The predicted octanol–water partition coefficient (Wildman–Crippen LogP) is 0.174. The number of hydrogen-bond donors (Lipinski definition) is 2. The molecule has 3 N–H and O–H groups in total. The molecule has 1 atom stereocenters. The highest BCUT2D eigenvalue weighted by Crippen LogP contribution is 2.50. The molecule has 3 amide bonds. The zero-order valence-corrected chi connectivity index (χ0v) is 11.8. The lowest BCUT2D eigenvalue weighted by atomic mass is 9.93. The van der Waals surface area contributed by atoms with E-state index in [1.807, 2.05) is 12.1 Å². The van der Waals surface area contributed by atoms with Gasteiger partial charge in [0.2, 0.25) is 17.7 Å². The summed E-state index contributed by atoms with van der Waals surface area (Å²) in [6, 6.07) is 6.59. The van der Waals surface area contributed by atoms with Crippen LogP contribution in [0.1, 0.15) is 25.3 Å². The van der Waals surface area contributed by atoms with Gasteiger partial charge in [-0.1, -0.05) is 12.1 Å². The smallest absolute Gasteiger partial charge is 0.249 e. The molecule has 21 heavy (non-hydrogen) atoms. The summed E-state index contributed by atoms with van der Waals surface area (Å²) in [5.41, 5.74) is 6.61. The van der Waals surface area contributed by atoms with E-state index in [1.54, 1.807) is 19.1 Å². The largest absolute Gasteiger partial charge is 0.399 e. The van der Waals surface area contributed by atoms with E-state index in [0.717, 1.165) is 18.4 Å². The molecule has 6 heteroatoms. The predicted molar refractivity (Wildman–Crippen MR) is 76.1 cm³/mol. The van der Waals surface area contributed by atoms with Crippen molar-refractivity contribution < 1.29 is 14.4 Å². The van der Waals surface area contributed by atoms with Gasteiger partial charge in [0.05, 0.1) is 5.41 Å². The first-order valence-corrected chi connectivity index (χ1v) is 6.95. The number of nitrogens with one attached hydrogen (secondary N) is 1. The van der Waals surface area contributed by atoms with Crippen LogP contribution in [0.4, 0.5) is 5.69 Å². The summed E-state index contributed by atoms with van der Waals surface area (Å²) >= 11 is 0. The van der Waals surface area contributed by atoms with E-state index in [2.05, 4.69) is 5.32 Å². The molecule has 1 heterocycles. The second kappa shape index (κ2) is 4.58. The highest BCUT2D eigenvalue weighted by atomic mass is 16.2. The number of imide groups is 1. The number of rotatable bonds is 2. The van der Waals surface area contributed by atoms with E-state index in [4.69, 9.17) is 5.73 Å². The summed E-state index contributed by atoms with van der Waals surface area (Å²) in [4.78, 5) is 37.4. The average Bonchev–Trinajstić information content (AvgIpc) is 3.24. The number of piperazine rings is 1. The van der Waals surface area contributed by atoms with Gasteiger partial charge in [0.25, 0.3) is 0 Å². The SMILES string of the molecule is CC1C(=O)NC(=O)CN1C(=O)C1(c2ccc(N)cc2)CC1. The van der Waals surface area contributed by atoms with Crippen LogP contribution in [0.15, 0.2) is 24.3 Å². The minimum atomic E-state index is -0.624. The number of anilines is 1. The van der Waals surface area contributed by atoms with E-state index < -0.39 is 23.3 Å². The third-order valence-electron chi connectivity index (χ3n) is 4.31. The van der Waals surface area contributed by atoms with Crippen molar-refractivity contribution in [2.45, 2.75) is 31.2 Å². The summed E-state index contributed by atoms with van der Waals surface area (Å²) in [5, 5.41) is 2.24. The summed E-state index contributed by atoms with van der Waals surface area (Å²) in [5.74, 6) is -1.00. The summed E-state index contributed by atoms with van der Waals surface area (Å²) in [6.07, 6.45) is 1.46. The number of hydrogen-bond acceptors (Lipinski definition) is 4. The molecule has 1 aliphatic heterocycles. The zero-order valence-electron chi connectivity index (χ0n) is 11.8. The van der Waals surface area contributed by atoms with Crippen molar-refractivity contribution in [3.05, 3.63) is 29.8 Å². The molecule has 1 unspecified atom stereocenters. The Hall–Kier alpha value is -2.37. The summed E-state index contributed by atoms with van der Waals surface area (Å²) in [7, 11) is 0. The van der Waals surface area contributed by atoms with Gasteiger partial charge in [-0.05, 0) is 37.5 Å². The van der Waals surface area contributed by atoms with Crippen LogP contribution < -0.4 is 11.1 Å². The Bertz CT molecular complexity index is 620. The van der Waals surface area contributed by atoms with Crippen LogP contribution in [0.3, 0.4) is 0 Å². The fourth-order valence-electron chi connectivity index (χ4n) is 2.79. The third-order valence-corrected chi connectivity index (χ3v) is 4.31. The number of nitrogens with two attached hydrogens (primary N) is 1. The van der Waals surface area contributed by atoms with Crippen LogP contribution in [0.2, 0.25) is 0 Å². The van der Waals surface area contributed by atoms with E-state index in [-0.39, 0.29) is 12.5 Å². The van der Waals surface area contributed by atoms with Crippen molar-refractivity contribution in [1.29, 1.82) is 0 Å². The van der Waals surface area contributed by atoms with Gasteiger partial charge in [-0.3, -0.25) is 19.7 Å². The number of benzene rings is 1. The highest BCUT2D eigenvalue weighted by Gasteiger charge is 2.54. The van der Waals surface area contributed by atoms with Crippen molar-refractivity contribution in [2.24, 2.45) is 0 Å². The lowest BCUT2D eigenvalue weighted by Gasteiger charge is -2.34. The number of nitrogens with zero attached hydrogens (tertiary/aromatic N) is 1. The van der Waals surface area contributed by atoms with Crippen LogP contribution in [0, 0.1) is 0 Å². The van der Waals surface area contributed by atoms with Crippen molar-refractivity contribution in [1.82, 2.24) is 10.2 Å². The van der Waals surface area contributed by atoms with Gasteiger partial charge in [-0.2, -0.15) is 0 Å². The maximum absolute atomic E-state index is 12.8. The maximum atomic E-state index is 12.8. The first-order valence-electron chi connectivity index (χ1n) is 6.95. The van der Waals surface area contributed by atoms with Gasteiger partial charge in [-0.15, -0.1) is 0 Å². The second-order valence-corrected chi connectivity index (χ2v) is 5.73. The van der Waals surface area contributed by atoms with Crippen molar-refractivity contribution >= 4 is 23.4 Å². The average molecular weight is 287 g/mol. The quantitative estimate of drug-likeness (QED) is 0.599. The molecule has 1 saturated carbocycles. The Morgan fingerprint density at radius 1 is 1.29 bits per heavy atom. The minimum Gasteiger partial charge on any atom is -0.399 e. The first kappa shape index (κ1) is 13.6. The molecule has 3 rings (SSSR count). The van der Waals surface area contributed by atoms with Crippen LogP contribution in [-0.4, -0.2) is 35.2 Å². The number of nitrogen functional groups attached to an aromatic ring is 1. The Balaban J connectivity index is 1.89. The molecule has 0 aromatic heterocycles. The van der Waals surface area contributed by atoms with Gasteiger partial charge in [0.1, 0.15) is 12.6 Å². The molecule has 0 radical (unpaired) electrons. The second-order valence-electron chi connectivity index (χ2n) is 5.73. The topological polar surface area (TPSA) is 92.5 Å². The summed E-state index contributed by atoms with van der Waals surface area (Å²) < 4.78 is 0. The van der Waals surface area contributed by atoms with E-state index >= 15 is 0 Å². The Morgan fingerprint density at radius 3 is 2.48 bits per heavy atom. The molecule has 1 saturated heterocycles. The summed E-state index contributed by atoms with van der Waals surface area (Å²) in [6.45, 7) is 1.57. The van der Waals surface area contributed by atoms with Gasteiger partial charge < -0.3 is 10.6 Å². The normalized spacial score (nSPS) is 23.7. The molecule has 110 valence electrons. The number of carbonyl (C=O) groups is 3. The fourth-order valence-corrected chi connectivity index (χ4v) is 2.79. The van der Waals surface area contributed by atoms with Crippen molar-refractivity contribution in [2.75, 3.05) is 12.3 Å². The lowest BCUT2D eigenvalue weighted by Crippen LogP contribution is -2.60. The van der Waals surface area contributed by atoms with Crippen molar-refractivity contribution in [3.63, 3.8) is 0 Å². The van der Waals surface area contributed by atoms with Crippen LogP contribution in [0.5, 0.6) is 0 Å². The lowest BCUT2D eigenvalue weighted by molar-refractivity contribution is -0.150. The van der Waals surface area contributed by atoms with Gasteiger partial charge in [0, 0.05) is 5.69 Å². The van der Waals surface area contributed by atoms with Gasteiger partial charge in [0.15, 0.2) is 0 Å². The van der Waals surface area contributed by atoms with Gasteiger partial charge in [-0.25, -0.2) is 0 Å².